The molecule has 1 aromatic heterocycles. The quantitative estimate of drug-likeness (QED) is 0.754. The second-order valence-electron chi connectivity index (χ2n) is 8.00. The van der Waals surface area contributed by atoms with Crippen molar-refractivity contribution in [3.8, 4) is 0 Å². The van der Waals surface area contributed by atoms with Crippen molar-refractivity contribution in [2.24, 2.45) is 11.8 Å². The van der Waals surface area contributed by atoms with Gasteiger partial charge in [-0.3, -0.25) is 9.78 Å². The van der Waals surface area contributed by atoms with Crippen LogP contribution in [0.3, 0.4) is 0 Å². The molecule has 0 saturated carbocycles. The highest BCUT2D eigenvalue weighted by Gasteiger charge is 2.62. The predicted molar refractivity (Wildman–Crippen MR) is 99.3 cm³/mol. The molecule has 1 unspecified atom stereocenters. The van der Waals surface area contributed by atoms with E-state index in [1.165, 1.54) is 0 Å². The van der Waals surface area contributed by atoms with E-state index in [1.54, 1.807) is 4.90 Å². The van der Waals surface area contributed by atoms with Gasteiger partial charge < -0.3 is 9.64 Å². The second kappa shape index (κ2) is 7.27. The second-order valence-corrected chi connectivity index (χ2v) is 10.5. The Morgan fingerprint density at radius 2 is 2.12 bits per heavy atom. The van der Waals surface area contributed by atoms with Crippen LogP contribution in [0.25, 0.3) is 0 Å². The number of aryl methyl sites for hydroxylation is 1. The molecule has 0 aromatic carbocycles. The average molecular weight is 381 g/mol. The topological polar surface area (TPSA) is 76.6 Å². The van der Waals surface area contributed by atoms with Crippen LogP contribution in [0.2, 0.25) is 0 Å². The molecule has 7 heteroatoms. The Balaban J connectivity index is 1.60. The fraction of sp³-hybridized carbons (Fsp3) is 0.684. The number of hydrogen-bond acceptors (Lipinski definition) is 5. The fourth-order valence-electron chi connectivity index (χ4n) is 3.95. The summed E-state index contributed by atoms with van der Waals surface area (Å²) >= 11 is 0. The van der Waals surface area contributed by atoms with Gasteiger partial charge in [-0.05, 0) is 31.4 Å². The van der Waals surface area contributed by atoms with Crippen LogP contribution in [-0.2, 0) is 26.0 Å². The van der Waals surface area contributed by atoms with Crippen LogP contribution < -0.4 is 0 Å². The zero-order valence-electron chi connectivity index (χ0n) is 15.8. The number of hydrogen-bond donors (Lipinski definition) is 0. The Morgan fingerprint density at radius 1 is 1.38 bits per heavy atom. The Morgan fingerprint density at radius 3 is 2.77 bits per heavy atom. The third-order valence-corrected chi connectivity index (χ3v) is 8.07. The van der Waals surface area contributed by atoms with Crippen LogP contribution in [0.1, 0.15) is 38.1 Å². The van der Waals surface area contributed by atoms with E-state index in [2.05, 4.69) is 4.98 Å². The molecule has 26 heavy (non-hydrogen) atoms. The lowest BCUT2D eigenvalue weighted by Gasteiger charge is -2.50. The van der Waals surface area contributed by atoms with Gasteiger partial charge in [-0.15, -0.1) is 0 Å². The predicted octanol–water partition coefficient (Wildman–Crippen LogP) is 1.97. The SMILES string of the molecule is Cc1cccc(COCC2CCS(=O)(=O)C23CN(C(=O)CC(C)C)C3)n1. The van der Waals surface area contributed by atoms with Gasteiger partial charge in [0.1, 0.15) is 4.75 Å². The van der Waals surface area contributed by atoms with Crippen molar-refractivity contribution in [3.05, 3.63) is 29.6 Å². The summed E-state index contributed by atoms with van der Waals surface area (Å²) in [5, 5.41) is 0. The number of amides is 1. The van der Waals surface area contributed by atoms with Crippen LogP contribution in [0, 0.1) is 18.8 Å². The fourth-order valence-corrected chi connectivity index (χ4v) is 6.35. The number of carbonyl (C=O) groups excluding carboxylic acids is 1. The minimum Gasteiger partial charge on any atom is -0.375 e. The number of sulfone groups is 1. The van der Waals surface area contributed by atoms with Gasteiger partial charge in [0.05, 0.1) is 24.7 Å². The molecule has 2 aliphatic heterocycles. The number of likely N-dealkylation sites (tertiary alicyclic amines) is 1. The zero-order chi connectivity index (χ0) is 18.9. The monoisotopic (exact) mass is 380 g/mol. The van der Waals surface area contributed by atoms with Crippen molar-refractivity contribution in [1.29, 1.82) is 0 Å². The summed E-state index contributed by atoms with van der Waals surface area (Å²) in [7, 11) is -3.19. The molecule has 2 aliphatic rings. The molecule has 2 fully saturated rings. The number of carbonyl (C=O) groups is 1. The first-order chi connectivity index (χ1) is 12.2. The number of rotatable bonds is 6. The lowest BCUT2D eigenvalue weighted by atomic mass is 9.83. The third-order valence-electron chi connectivity index (χ3n) is 5.47. The minimum atomic E-state index is -3.19. The largest absolute Gasteiger partial charge is 0.375 e. The van der Waals surface area contributed by atoms with E-state index >= 15 is 0 Å². The van der Waals surface area contributed by atoms with Crippen molar-refractivity contribution >= 4 is 15.7 Å². The van der Waals surface area contributed by atoms with Gasteiger partial charge in [0, 0.05) is 31.1 Å². The maximum atomic E-state index is 12.6. The molecular weight excluding hydrogens is 352 g/mol. The molecule has 3 rings (SSSR count). The molecular formula is C19H28N2O4S. The summed E-state index contributed by atoms with van der Waals surface area (Å²) < 4.78 is 30.3. The molecule has 0 aliphatic carbocycles. The highest BCUT2D eigenvalue weighted by Crippen LogP contribution is 2.45. The van der Waals surface area contributed by atoms with Crippen molar-refractivity contribution < 1.29 is 17.9 Å². The summed E-state index contributed by atoms with van der Waals surface area (Å²) in [5.74, 6) is 0.465. The van der Waals surface area contributed by atoms with Crippen LogP contribution in [0.5, 0.6) is 0 Å². The van der Waals surface area contributed by atoms with E-state index in [1.807, 2.05) is 39.0 Å². The zero-order valence-corrected chi connectivity index (χ0v) is 16.6. The molecule has 0 radical (unpaired) electrons. The molecule has 1 spiro atoms. The Kier molecular flexibility index (Phi) is 5.40. The number of aromatic nitrogens is 1. The van der Waals surface area contributed by atoms with Crippen LogP contribution in [-0.4, -0.2) is 54.4 Å². The Hall–Kier alpha value is -1.47. The molecule has 2 saturated heterocycles. The smallest absolute Gasteiger partial charge is 0.222 e. The van der Waals surface area contributed by atoms with E-state index in [0.29, 0.717) is 39.1 Å². The molecule has 144 valence electrons. The van der Waals surface area contributed by atoms with Gasteiger partial charge in [0.2, 0.25) is 5.91 Å². The van der Waals surface area contributed by atoms with Gasteiger partial charge in [-0.2, -0.15) is 0 Å². The molecule has 1 aromatic rings. The van der Waals surface area contributed by atoms with Crippen molar-refractivity contribution in [3.63, 3.8) is 0 Å². The van der Waals surface area contributed by atoms with Crippen LogP contribution in [0.4, 0.5) is 0 Å². The van der Waals surface area contributed by atoms with Gasteiger partial charge in [-0.1, -0.05) is 19.9 Å². The summed E-state index contributed by atoms with van der Waals surface area (Å²) in [6.45, 7) is 7.32. The Labute approximate surface area is 155 Å². The van der Waals surface area contributed by atoms with E-state index in [0.717, 1.165) is 11.4 Å². The van der Waals surface area contributed by atoms with E-state index in [9.17, 15) is 13.2 Å². The highest BCUT2D eigenvalue weighted by atomic mass is 32.2. The van der Waals surface area contributed by atoms with Crippen molar-refractivity contribution in [1.82, 2.24) is 9.88 Å². The Bertz CT molecular complexity index is 769. The van der Waals surface area contributed by atoms with E-state index in [4.69, 9.17) is 4.74 Å². The van der Waals surface area contributed by atoms with E-state index in [-0.39, 0.29) is 23.5 Å². The average Bonchev–Trinajstić information content (AvgIpc) is 2.76. The lowest BCUT2D eigenvalue weighted by molar-refractivity contribution is -0.138. The van der Waals surface area contributed by atoms with Gasteiger partial charge in [-0.25, -0.2) is 8.42 Å². The van der Waals surface area contributed by atoms with Crippen molar-refractivity contribution in [2.45, 2.75) is 45.0 Å². The maximum Gasteiger partial charge on any atom is 0.222 e. The maximum absolute atomic E-state index is 12.6. The first kappa shape index (κ1) is 19.3. The number of pyridine rings is 1. The third kappa shape index (κ3) is 3.64. The van der Waals surface area contributed by atoms with Gasteiger partial charge in [0.15, 0.2) is 9.84 Å². The molecule has 1 atom stereocenters. The summed E-state index contributed by atoms with van der Waals surface area (Å²) in [6.07, 6.45) is 1.08. The summed E-state index contributed by atoms with van der Waals surface area (Å²) in [4.78, 5) is 18.3. The van der Waals surface area contributed by atoms with Gasteiger partial charge >= 0.3 is 0 Å². The number of ether oxygens (including phenoxy) is 1. The molecule has 6 nitrogen and oxygen atoms in total. The molecule has 3 heterocycles. The highest BCUT2D eigenvalue weighted by molar-refractivity contribution is 7.93. The minimum absolute atomic E-state index is 0.0522. The summed E-state index contributed by atoms with van der Waals surface area (Å²) in [6, 6.07) is 5.77. The van der Waals surface area contributed by atoms with Crippen molar-refractivity contribution in [2.75, 3.05) is 25.4 Å². The lowest BCUT2D eigenvalue weighted by Crippen LogP contribution is -2.68. The first-order valence-electron chi connectivity index (χ1n) is 9.24. The van der Waals surface area contributed by atoms with E-state index < -0.39 is 14.6 Å². The van der Waals surface area contributed by atoms with Crippen LogP contribution >= 0.6 is 0 Å². The van der Waals surface area contributed by atoms with Crippen LogP contribution in [0.15, 0.2) is 18.2 Å². The normalized spacial score (nSPS) is 23.4. The first-order valence-corrected chi connectivity index (χ1v) is 10.9. The van der Waals surface area contributed by atoms with Gasteiger partial charge in [0.25, 0.3) is 0 Å². The number of nitrogens with zero attached hydrogens (tertiary/aromatic N) is 2. The standard InChI is InChI=1S/C19H28N2O4S/c1-14(2)9-18(22)21-12-19(13-21)16(7-8-26(19,23)24)10-25-11-17-6-4-5-15(3)20-17/h4-6,14,16H,7-13H2,1-3H3. The molecule has 1 amide bonds. The molecule has 0 N–H and O–H groups in total. The summed E-state index contributed by atoms with van der Waals surface area (Å²) in [5.41, 5.74) is 1.78. The molecule has 0 bridgehead atoms.